The van der Waals surface area contributed by atoms with Gasteiger partial charge in [0.25, 0.3) is 11.8 Å². The van der Waals surface area contributed by atoms with Crippen molar-refractivity contribution in [2.24, 2.45) is 41.4 Å². The number of carbonyl (C=O) groups is 9. The molecule has 2 aliphatic heterocycles. The first-order valence-corrected chi connectivity index (χ1v) is 38.0. The maximum Gasteiger partial charge on any atom is 0.407 e. The fourth-order valence-electron chi connectivity index (χ4n) is 11.2. The standard InChI is InChI=1S/C42H71N3O9Si.C32H50N2O7.CH4/c1-15-29(6)35(44-40(50)53-41(7,8)9)33(54-55(13,14)42(10,11)12)25-34(46)52-36(28(4)5)37(47)43-31(24-27(2)3)38(48)45-23-19-22-32(45)39(49)51-26-30-20-17-16-18-21-30;1-8-22(6)23(7)27(35)18-28(36)41-29(21(4)5)30(37)33-25(17-20(2)3)31(38)34-16-12-15-26(34)32(39)40-19-24-13-10-9-11-14-24;/h16-18,20-21,27-29,31-33,35-36H,15,19,22-26H2,1-14H3,(H,43,47)(H,44,50);9-11,13-14,20-23,25-27,29,35H,8,12,15-19H2,1-7H3,(H,33,37);1H4/t29-,31-,32-,33-,35+,36-;22-,23+,25-,26-,27-,29-;/m00./s1. The van der Waals surface area contributed by atoms with E-state index >= 15 is 0 Å². The third-order valence-corrected chi connectivity index (χ3v) is 22.9. The quantitative estimate of drug-likeness (QED) is 0.0294. The highest BCUT2D eigenvalue weighted by molar-refractivity contribution is 6.74. The molecule has 2 aliphatic rings. The molecular weight excluding hydrogens is 1250 g/mol. The van der Waals surface area contributed by atoms with Gasteiger partial charge in [0.2, 0.25) is 11.8 Å². The zero-order valence-corrected chi connectivity index (χ0v) is 62.9. The first-order chi connectivity index (χ1) is 44.7. The molecule has 12 atom stereocenters. The van der Waals surface area contributed by atoms with Crippen LogP contribution < -0.4 is 16.0 Å². The molecule has 4 N–H and O–H groups in total. The van der Waals surface area contributed by atoms with E-state index in [0.29, 0.717) is 58.0 Å². The summed E-state index contributed by atoms with van der Waals surface area (Å²) in [5, 5.41) is 19.0. The van der Waals surface area contributed by atoms with Crippen LogP contribution >= 0.6 is 0 Å². The van der Waals surface area contributed by atoms with Crippen LogP contribution in [0.15, 0.2) is 60.7 Å². The molecule has 0 aromatic heterocycles. The van der Waals surface area contributed by atoms with Crippen LogP contribution in [0.3, 0.4) is 0 Å². The summed E-state index contributed by atoms with van der Waals surface area (Å²) in [6.45, 7) is 41.5. The number of aliphatic hydroxyl groups is 1. The van der Waals surface area contributed by atoms with E-state index in [1.807, 2.05) is 123 Å². The van der Waals surface area contributed by atoms with Crippen LogP contribution in [0.25, 0.3) is 0 Å². The summed E-state index contributed by atoms with van der Waals surface area (Å²) in [7, 11) is -2.49. The average Bonchev–Trinajstić information content (AvgIpc) is 1.83. The van der Waals surface area contributed by atoms with Gasteiger partial charge in [-0.25, -0.2) is 14.4 Å². The minimum Gasteiger partial charge on any atom is -0.459 e. The molecule has 5 amide bonds. The fraction of sp³-hybridized carbons (Fsp3) is 0.720. The van der Waals surface area contributed by atoms with E-state index in [9.17, 15) is 48.3 Å². The summed E-state index contributed by atoms with van der Waals surface area (Å²) in [6, 6.07) is 14.8. The minimum absolute atomic E-state index is 0. The Morgan fingerprint density at radius 2 is 0.969 bits per heavy atom. The number of hydrogen-bond acceptors (Lipinski definition) is 16. The van der Waals surface area contributed by atoms with Gasteiger partial charge < -0.3 is 59.0 Å². The summed E-state index contributed by atoms with van der Waals surface area (Å²) in [5.74, 6) is -4.80. The van der Waals surface area contributed by atoms with Crippen molar-refractivity contribution in [2.45, 2.75) is 295 Å². The van der Waals surface area contributed by atoms with Gasteiger partial charge in [-0.2, -0.15) is 0 Å². The minimum atomic E-state index is -2.49. The van der Waals surface area contributed by atoms with Gasteiger partial charge in [0.1, 0.15) is 43.0 Å². The van der Waals surface area contributed by atoms with Gasteiger partial charge in [-0.1, -0.05) is 192 Å². The van der Waals surface area contributed by atoms with Gasteiger partial charge in [-0.05, 0) is 130 Å². The highest BCUT2D eigenvalue weighted by Crippen LogP contribution is 2.39. The third-order valence-electron chi connectivity index (χ3n) is 18.4. The number of amides is 5. The van der Waals surface area contributed by atoms with Crippen molar-refractivity contribution >= 4 is 61.9 Å². The monoisotopic (exact) mass is 1380 g/mol. The molecule has 97 heavy (non-hydrogen) atoms. The molecule has 2 aromatic carbocycles. The highest BCUT2D eigenvalue weighted by atomic mass is 28.4. The van der Waals surface area contributed by atoms with Crippen molar-refractivity contribution < 1.29 is 76.4 Å². The Morgan fingerprint density at radius 1 is 0.577 bits per heavy atom. The van der Waals surface area contributed by atoms with Gasteiger partial charge in [0, 0.05) is 13.1 Å². The van der Waals surface area contributed by atoms with E-state index in [2.05, 4.69) is 49.8 Å². The summed E-state index contributed by atoms with van der Waals surface area (Å²) in [4.78, 5) is 124. The van der Waals surface area contributed by atoms with E-state index in [4.69, 9.17) is 28.1 Å². The number of carbonyl (C=O) groups excluding carboxylic acids is 9. The molecule has 2 aromatic rings. The molecule has 0 spiro atoms. The van der Waals surface area contributed by atoms with E-state index < -0.39 is 116 Å². The zero-order chi connectivity index (χ0) is 72.6. The molecule has 2 heterocycles. The molecule has 0 radical (unpaired) electrons. The first-order valence-electron chi connectivity index (χ1n) is 35.1. The average molecular weight is 1380 g/mol. The molecule has 0 unspecified atom stereocenters. The smallest absolute Gasteiger partial charge is 0.407 e. The molecule has 2 fully saturated rings. The van der Waals surface area contributed by atoms with E-state index in [1.165, 1.54) is 9.80 Å². The second kappa shape index (κ2) is 40.6. The molecular formula is C75H125N5O16Si. The van der Waals surface area contributed by atoms with Crippen molar-refractivity contribution in [3.63, 3.8) is 0 Å². The Kier molecular flexibility index (Phi) is 36.3. The molecule has 22 heteroatoms. The molecule has 0 saturated carbocycles. The number of benzene rings is 2. The number of nitrogens with zero attached hydrogens (tertiary/aromatic N) is 2. The Morgan fingerprint density at radius 3 is 1.32 bits per heavy atom. The normalized spacial score (nSPS) is 18.1. The predicted molar refractivity (Wildman–Crippen MR) is 379 cm³/mol. The molecule has 21 nitrogen and oxygen atoms in total. The maximum atomic E-state index is 14.1. The van der Waals surface area contributed by atoms with Crippen LogP contribution in [0.4, 0.5) is 4.79 Å². The van der Waals surface area contributed by atoms with Crippen LogP contribution in [0.2, 0.25) is 18.1 Å². The largest absolute Gasteiger partial charge is 0.459 e. The lowest BCUT2D eigenvalue weighted by Gasteiger charge is -2.42. The van der Waals surface area contributed by atoms with Crippen LogP contribution in [0.1, 0.15) is 214 Å². The lowest BCUT2D eigenvalue weighted by Crippen LogP contribution is -2.56. The van der Waals surface area contributed by atoms with Gasteiger partial charge in [-0.3, -0.25) is 28.8 Å². The van der Waals surface area contributed by atoms with Crippen molar-refractivity contribution in [1.82, 2.24) is 25.8 Å². The Labute approximate surface area is 582 Å². The second-order valence-electron chi connectivity index (χ2n) is 30.5. The van der Waals surface area contributed by atoms with Crippen molar-refractivity contribution in [1.29, 1.82) is 0 Å². The molecule has 0 bridgehead atoms. The molecule has 0 aliphatic carbocycles. The number of esters is 4. The van der Waals surface area contributed by atoms with E-state index in [1.54, 1.807) is 48.5 Å². The number of nitrogens with one attached hydrogen (secondary N) is 3. The summed E-state index contributed by atoms with van der Waals surface area (Å²) in [5.41, 5.74) is 0.976. The SMILES string of the molecule is C.CC[C@H](C)[C@@H](C)[C@@H](O)CC(=O)O[C@H](C(=O)N[C@@H](CC(C)C)C(=O)N1CCC[C@H]1C(=O)OCc1ccccc1)C(C)C.CC[C@H](C)[C@@H](NC(=O)OC(C)(C)C)[C@H](CC(=O)O[C@H](C(=O)N[C@@H](CC(C)C)C(=O)N1CCC[C@H]1C(=O)OCc1ccccc1)C(C)C)O[Si](C)(C)C(C)(C)C. The zero-order valence-electron chi connectivity index (χ0n) is 61.9. The van der Waals surface area contributed by atoms with Gasteiger partial charge in [-0.15, -0.1) is 0 Å². The van der Waals surface area contributed by atoms with Gasteiger partial charge >= 0.3 is 30.0 Å². The summed E-state index contributed by atoms with van der Waals surface area (Å²) >= 11 is 0. The van der Waals surface area contributed by atoms with Crippen LogP contribution in [0, 0.1) is 41.4 Å². The Balaban J connectivity index is 0.000000681. The summed E-state index contributed by atoms with van der Waals surface area (Å²) in [6.07, 6.45) is -0.540. The molecule has 550 valence electrons. The first kappa shape index (κ1) is 86.7. The summed E-state index contributed by atoms with van der Waals surface area (Å²) < 4.78 is 35.0. The van der Waals surface area contributed by atoms with Crippen molar-refractivity contribution in [2.75, 3.05) is 13.1 Å². The Bertz CT molecular complexity index is 2790. The van der Waals surface area contributed by atoms with Gasteiger partial charge in [0.15, 0.2) is 20.5 Å². The van der Waals surface area contributed by atoms with Crippen LogP contribution in [-0.2, 0) is 79.7 Å². The lowest BCUT2D eigenvalue weighted by molar-refractivity contribution is -0.162. The highest BCUT2D eigenvalue weighted by Gasteiger charge is 2.46. The lowest BCUT2D eigenvalue weighted by atomic mass is 9.87. The van der Waals surface area contributed by atoms with Crippen molar-refractivity contribution in [3.05, 3.63) is 71.8 Å². The van der Waals surface area contributed by atoms with E-state index in [-0.39, 0.29) is 85.8 Å². The topological polar surface area (TPSA) is 272 Å². The number of aliphatic hydroxyl groups excluding tert-OH is 1. The Hall–Kier alpha value is -6.39. The van der Waals surface area contributed by atoms with Crippen LogP contribution in [-0.4, -0.2) is 150 Å². The predicted octanol–water partition coefficient (Wildman–Crippen LogP) is 12.4. The van der Waals surface area contributed by atoms with E-state index in [0.717, 1.165) is 17.5 Å². The number of ether oxygens (including phenoxy) is 5. The number of hydrogen-bond donors (Lipinski definition) is 4. The maximum absolute atomic E-state index is 14.1. The number of likely N-dealkylation sites (tertiary alicyclic amines) is 2. The number of alkyl carbamates (subject to hydrolysis) is 1. The van der Waals surface area contributed by atoms with Crippen LogP contribution in [0.5, 0.6) is 0 Å². The second-order valence-corrected chi connectivity index (χ2v) is 35.2. The third kappa shape index (κ3) is 28.8. The molecule has 4 rings (SSSR count). The van der Waals surface area contributed by atoms with Gasteiger partial charge in [0.05, 0.1) is 31.1 Å². The number of rotatable bonds is 33. The van der Waals surface area contributed by atoms with Crippen molar-refractivity contribution in [3.8, 4) is 0 Å². The fourth-order valence-corrected chi connectivity index (χ4v) is 12.6. The molecule has 2 saturated heterocycles.